The van der Waals surface area contributed by atoms with Crippen LogP contribution >= 0.6 is 0 Å². The van der Waals surface area contributed by atoms with Gasteiger partial charge in [-0.05, 0) is 55.7 Å². The summed E-state index contributed by atoms with van der Waals surface area (Å²) in [6.07, 6.45) is 4.41. The lowest BCUT2D eigenvalue weighted by atomic mass is 9.75. The van der Waals surface area contributed by atoms with Crippen molar-refractivity contribution in [3.05, 3.63) is 23.8 Å². The summed E-state index contributed by atoms with van der Waals surface area (Å²) in [6.45, 7) is 5.71. The Morgan fingerprint density at radius 3 is 2.38 bits per heavy atom. The number of rotatable bonds is 3. The molecule has 3 rings (SSSR count). The normalized spacial score (nSPS) is 24.9. The van der Waals surface area contributed by atoms with Crippen LogP contribution in [0.1, 0.15) is 49.9 Å². The molecule has 1 aromatic carbocycles. The molecule has 0 spiro atoms. The van der Waals surface area contributed by atoms with E-state index in [1.807, 2.05) is 18.2 Å². The minimum absolute atomic E-state index is 0.183. The highest BCUT2D eigenvalue weighted by atomic mass is 16.6. The van der Waals surface area contributed by atoms with Crippen LogP contribution in [-0.2, 0) is 0 Å². The van der Waals surface area contributed by atoms with Crippen LogP contribution in [0.15, 0.2) is 18.2 Å². The highest BCUT2D eigenvalue weighted by Gasteiger charge is 2.28. The van der Waals surface area contributed by atoms with E-state index in [-0.39, 0.29) is 11.7 Å². The quantitative estimate of drug-likeness (QED) is 0.785. The van der Waals surface area contributed by atoms with Crippen molar-refractivity contribution in [1.82, 2.24) is 0 Å². The van der Waals surface area contributed by atoms with Gasteiger partial charge in [0.1, 0.15) is 13.2 Å². The number of carbonyl (C=O) groups excluding carboxylic acids is 1. The van der Waals surface area contributed by atoms with Crippen LogP contribution in [-0.4, -0.2) is 19.0 Å². The maximum Gasteiger partial charge on any atom is 0.166 e. The summed E-state index contributed by atoms with van der Waals surface area (Å²) in [6, 6.07) is 5.59. The third kappa shape index (κ3) is 3.07. The smallest absolute Gasteiger partial charge is 0.166 e. The number of fused-ring (bicyclic) bond motifs is 1. The van der Waals surface area contributed by atoms with Crippen molar-refractivity contribution in [2.75, 3.05) is 13.2 Å². The van der Waals surface area contributed by atoms with E-state index < -0.39 is 0 Å². The number of ketones is 1. The molecule has 3 heteroatoms. The fraction of sp³-hybridized carbons (Fsp3) is 0.611. The maximum atomic E-state index is 12.7. The van der Waals surface area contributed by atoms with Crippen LogP contribution in [0, 0.1) is 17.8 Å². The lowest BCUT2D eigenvalue weighted by Gasteiger charge is -2.30. The molecule has 1 fully saturated rings. The number of Topliss-reactive ketones (excluding diaryl/α,β-unsaturated/α-hetero) is 1. The molecule has 21 heavy (non-hydrogen) atoms. The maximum absolute atomic E-state index is 12.7. The molecule has 2 aliphatic rings. The summed E-state index contributed by atoms with van der Waals surface area (Å²) in [7, 11) is 0. The second-order valence-electron chi connectivity index (χ2n) is 6.58. The molecule has 3 nitrogen and oxygen atoms in total. The fourth-order valence-corrected chi connectivity index (χ4v) is 3.48. The van der Waals surface area contributed by atoms with Crippen LogP contribution in [0.5, 0.6) is 11.5 Å². The molecule has 1 heterocycles. The van der Waals surface area contributed by atoms with E-state index >= 15 is 0 Å². The van der Waals surface area contributed by atoms with Crippen molar-refractivity contribution in [2.24, 2.45) is 17.8 Å². The third-order valence-electron chi connectivity index (χ3n) is 4.91. The van der Waals surface area contributed by atoms with Gasteiger partial charge >= 0.3 is 0 Å². The van der Waals surface area contributed by atoms with Crippen LogP contribution in [0.2, 0.25) is 0 Å². The predicted molar refractivity (Wildman–Crippen MR) is 82.0 cm³/mol. The van der Waals surface area contributed by atoms with Gasteiger partial charge in [-0.1, -0.05) is 13.8 Å². The molecule has 1 aliphatic heterocycles. The average Bonchev–Trinajstić information content (AvgIpc) is 2.54. The van der Waals surface area contributed by atoms with Gasteiger partial charge in [0.15, 0.2) is 17.3 Å². The molecule has 1 aromatic rings. The molecule has 1 saturated carbocycles. The Balaban J connectivity index is 1.68. The molecule has 0 atom stereocenters. The van der Waals surface area contributed by atoms with Gasteiger partial charge in [-0.25, -0.2) is 0 Å². The highest BCUT2D eigenvalue weighted by molar-refractivity contribution is 5.98. The van der Waals surface area contributed by atoms with Crippen LogP contribution in [0.25, 0.3) is 0 Å². The molecule has 1 aliphatic carbocycles. The van der Waals surface area contributed by atoms with Gasteiger partial charge < -0.3 is 9.47 Å². The van der Waals surface area contributed by atoms with Crippen molar-refractivity contribution in [1.29, 1.82) is 0 Å². The SMILES string of the molecule is CC(C)C1CCC(C(=O)c2ccc3c(c2)OCCO3)CC1. The zero-order valence-electron chi connectivity index (χ0n) is 12.9. The fourth-order valence-electron chi connectivity index (χ4n) is 3.48. The van der Waals surface area contributed by atoms with E-state index in [0.717, 1.165) is 36.0 Å². The zero-order valence-corrected chi connectivity index (χ0v) is 12.9. The first-order valence-electron chi connectivity index (χ1n) is 8.09. The van der Waals surface area contributed by atoms with Crippen molar-refractivity contribution < 1.29 is 14.3 Å². The van der Waals surface area contributed by atoms with Crippen molar-refractivity contribution in [3.8, 4) is 11.5 Å². The summed E-state index contributed by atoms with van der Waals surface area (Å²) in [5.74, 6) is 3.44. The minimum Gasteiger partial charge on any atom is -0.486 e. The van der Waals surface area contributed by atoms with Gasteiger partial charge in [0.05, 0.1) is 0 Å². The van der Waals surface area contributed by atoms with E-state index in [9.17, 15) is 4.79 Å². The van der Waals surface area contributed by atoms with Crippen LogP contribution in [0.4, 0.5) is 0 Å². The molecule has 0 unspecified atom stereocenters. The Morgan fingerprint density at radius 1 is 1.05 bits per heavy atom. The molecule has 0 aromatic heterocycles. The van der Waals surface area contributed by atoms with Gasteiger partial charge in [-0.2, -0.15) is 0 Å². The van der Waals surface area contributed by atoms with Crippen LogP contribution < -0.4 is 9.47 Å². The standard InChI is InChI=1S/C18H24O3/c1-12(2)13-3-5-14(6-4-13)18(19)15-7-8-16-17(11-15)21-10-9-20-16/h7-8,11-14H,3-6,9-10H2,1-2H3. The largest absolute Gasteiger partial charge is 0.486 e. The second-order valence-corrected chi connectivity index (χ2v) is 6.58. The molecular weight excluding hydrogens is 264 g/mol. The third-order valence-corrected chi connectivity index (χ3v) is 4.91. The van der Waals surface area contributed by atoms with Gasteiger partial charge in [0.2, 0.25) is 0 Å². The molecule has 0 bridgehead atoms. The van der Waals surface area contributed by atoms with Crippen LogP contribution in [0.3, 0.4) is 0 Å². The monoisotopic (exact) mass is 288 g/mol. The first-order chi connectivity index (χ1) is 10.1. The van der Waals surface area contributed by atoms with Gasteiger partial charge in [0, 0.05) is 11.5 Å². The Kier molecular flexibility index (Phi) is 4.18. The summed E-state index contributed by atoms with van der Waals surface area (Å²) in [5.41, 5.74) is 0.771. The summed E-state index contributed by atoms with van der Waals surface area (Å²) in [5, 5.41) is 0. The predicted octanol–water partition coefficient (Wildman–Crippen LogP) is 4.10. The number of hydrogen-bond donors (Lipinski definition) is 0. The Bertz CT molecular complexity index is 513. The van der Waals surface area contributed by atoms with E-state index in [1.54, 1.807) is 0 Å². The molecule has 0 amide bonds. The zero-order chi connectivity index (χ0) is 14.8. The lowest BCUT2D eigenvalue weighted by molar-refractivity contribution is 0.0858. The van der Waals surface area contributed by atoms with E-state index in [0.29, 0.717) is 19.0 Å². The van der Waals surface area contributed by atoms with Crippen molar-refractivity contribution in [2.45, 2.75) is 39.5 Å². The summed E-state index contributed by atoms with van der Waals surface area (Å²) in [4.78, 5) is 12.7. The number of carbonyl (C=O) groups is 1. The van der Waals surface area contributed by atoms with Gasteiger partial charge in [0.25, 0.3) is 0 Å². The van der Waals surface area contributed by atoms with E-state index in [1.165, 1.54) is 12.8 Å². The average molecular weight is 288 g/mol. The summed E-state index contributed by atoms with van der Waals surface area (Å²) < 4.78 is 11.1. The van der Waals surface area contributed by atoms with E-state index in [2.05, 4.69) is 13.8 Å². The number of hydrogen-bond acceptors (Lipinski definition) is 3. The van der Waals surface area contributed by atoms with Gasteiger partial charge in [-0.3, -0.25) is 4.79 Å². The first-order valence-corrected chi connectivity index (χ1v) is 8.09. The highest BCUT2D eigenvalue weighted by Crippen LogP contribution is 2.36. The van der Waals surface area contributed by atoms with Crippen molar-refractivity contribution in [3.63, 3.8) is 0 Å². The molecular formula is C18H24O3. The number of ether oxygens (including phenoxy) is 2. The lowest BCUT2D eigenvalue weighted by Crippen LogP contribution is -2.24. The minimum atomic E-state index is 0.183. The Hall–Kier alpha value is -1.51. The van der Waals surface area contributed by atoms with E-state index in [4.69, 9.17) is 9.47 Å². The second kappa shape index (κ2) is 6.08. The molecule has 0 saturated heterocycles. The Labute approximate surface area is 126 Å². The number of benzene rings is 1. The Morgan fingerprint density at radius 2 is 1.71 bits per heavy atom. The van der Waals surface area contributed by atoms with Crippen molar-refractivity contribution >= 4 is 5.78 Å². The first kappa shape index (κ1) is 14.4. The topological polar surface area (TPSA) is 35.5 Å². The molecule has 0 N–H and O–H groups in total. The molecule has 114 valence electrons. The van der Waals surface area contributed by atoms with Gasteiger partial charge in [-0.15, -0.1) is 0 Å². The molecule has 0 radical (unpaired) electrons. The summed E-state index contributed by atoms with van der Waals surface area (Å²) >= 11 is 0.